The maximum Gasteiger partial charge on any atom is 0.328 e. The molecule has 3 aliphatic heterocycles. The van der Waals surface area contributed by atoms with E-state index in [-0.39, 0.29) is 5.91 Å². The molecule has 0 spiro atoms. The average molecular weight is 386 g/mol. The van der Waals surface area contributed by atoms with E-state index in [1.165, 1.54) is 25.9 Å². The third-order valence-corrected chi connectivity index (χ3v) is 5.06. The lowest BCUT2D eigenvalue weighted by molar-refractivity contribution is -0.134. The van der Waals surface area contributed by atoms with E-state index in [1.807, 2.05) is 24.3 Å². The fraction of sp³-hybridized carbons (Fsp3) is 0.350. The quantitative estimate of drug-likeness (QED) is 0.687. The molecule has 4 heterocycles. The highest BCUT2D eigenvalue weighted by Crippen LogP contribution is 2.27. The number of amides is 1. The van der Waals surface area contributed by atoms with Crippen molar-refractivity contribution < 1.29 is 29.0 Å². The van der Waals surface area contributed by atoms with Crippen molar-refractivity contribution in [1.82, 2.24) is 10.2 Å². The molecule has 0 unspecified atom stereocenters. The molecule has 2 aromatic rings. The van der Waals surface area contributed by atoms with Crippen LogP contribution in [0, 0.1) is 5.92 Å². The summed E-state index contributed by atoms with van der Waals surface area (Å²) < 4.78 is 5.30. The molecule has 0 saturated carbocycles. The van der Waals surface area contributed by atoms with Gasteiger partial charge in [0, 0.05) is 35.7 Å². The van der Waals surface area contributed by atoms with Gasteiger partial charge < -0.3 is 24.8 Å². The number of rotatable bonds is 4. The van der Waals surface area contributed by atoms with E-state index < -0.39 is 11.9 Å². The highest BCUT2D eigenvalue weighted by molar-refractivity contribution is 5.97. The van der Waals surface area contributed by atoms with E-state index in [4.69, 9.17) is 14.6 Å². The smallest absolute Gasteiger partial charge is 0.328 e. The topological polar surface area (TPSA) is 120 Å². The molecule has 8 nitrogen and oxygen atoms in total. The second kappa shape index (κ2) is 8.71. The molecule has 5 rings (SSSR count). The highest BCUT2D eigenvalue weighted by atomic mass is 16.4. The molecule has 3 aliphatic rings. The van der Waals surface area contributed by atoms with Crippen LogP contribution in [-0.2, 0) is 9.59 Å². The Morgan fingerprint density at radius 1 is 1.07 bits per heavy atom. The molecule has 1 aromatic heterocycles. The molecule has 3 fully saturated rings. The van der Waals surface area contributed by atoms with Crippen LogP contribution in [-0.4, -0.2) is 58.6 Å². The minimum Gasteiger partial charge on any atom is -0.478 e. The van der Waals surface area contributed by atoms with Crippen LogP contribution in [0.4, 0.5) is 0 Å². The number of hydrogen-bond donors (Lipinski definition) is 3. The fourth-order valence-corrected chi connectivity index (χ4v) is 3.63. The van der Waals surface area contributed by atoms with Crippen LogP contribution >= 0.6 is 0 Å². The van der Waals surface area contributed by atoms with E-state index in [1.54, 1.807) is 6.26 Å². The van der Waals surface area contributed by atoms with Crippen molar-refractivity contribution in [3.8, 4) is 0 Å². The number of carbonyl (C=O) groups excluding carboxylic acids is 1. The first kappa shape index (κ1) is 19.6. The lowest BCUT2D eigenvalue weighted by atomic mass is 9.84. The number of nitrogens with zero attached hydrogens (tertiary/aromatic N) is 1. The predicted molar refractivity (Wildman–Crippen MR) is 101 cm³/mol. The van der Waals surface area contributed by atoms with E-state index in [0.29, 0.717) is 24.1 Å². The number of fused-ring (bicyclic) bond motifs is 4. The number of furan rings is 1. The zero-order valence-electron chi connectivity index (χ0n) is 15.2. The highest BCUT2D eigenvalue weighted by Gasteiger charge is 2.34. The van der Waals surface area contributed by atoms with Gasteiger partial charge in [-0.3, -0.25) is 4.79 Å². The first-order chi connectivity index (χ1) is 13.4. The molecule has 3 N–H and O–H groups in total. The summed E-state index contributed by atoms with van der Waals surface area (Å²) in [6.07, 6.45) is 5.20. The third-order valence-electron chi connectivity index (χ3n) is 5.06. The second-order valence-electron chi connectivity index (χ2n) is 6.90. The van der Waals surface area contributed by atoms with Gasteiger partial charge in [0.25, 0.3) is 5.91 Å². The average Bonchev–Trinajstić information content (AvgIpc) is 3.15. The molecule has 3 saturated heterocycles. The monoisotopic (exact) mass is 386 g/mol. The molecule has 2 bridgehead atoms. The van der Waals surface area contributed by atoms with Crippen molar-refractivity contribution in [2.75, 3.05) is 19.6 Å². The first-order valence-electron chi connectivity index (χ1n) is 9.07. The van der Waals surface area contributed by atoms with Gasteiger partial charge in [0.05, 0.1) is 6.26 Å². The van der Waals surface area contributed by atoms with Crippen molar-refractivity contribution in [1.29, 1.82) is 0 Å². The Balaban J connectivity index is 0.000000242. The molecule has 1 amide bonds. The molecule has 0 radical (unpaired) electrons. The number of carboxylic acid groups (broad SMARTS) is 2. The molecule has 0 aliphatic carbocycles. The van der Waals surface area contributed by atoms with Crippen LogP contribution in [0.15, 0.2) is 47.1 Å². The van der Waals surface area contributed by atoms with E-state index in [9.17, 15) is 14.4 Å². The number of benzene rings is 1. The lowest BCUT2D eigenvalue weighted by Gasteiger charge is -2.44. The summed E-state index contributed by atoms with van der Waals surface area (Å²) >= 11 is 0. The van der Waals surface area contributed by atoms with Gasteiger partial charge in [-0.15, -0.1) is 0 Å². The Kier molecular flexibility index (Phi) is 6.10. The van der Waals surface area contributed by atoms with Crippen LogP contribution in [0.2, 0.25) is 0 Å². The van der Waals surface area contributed by atoms with Gasteiger partial charge >= 0.3 is 11.9 Å². The van der Waals surface area contributed by atoms with Crippen molar-refractivity contribution >= 4 is 28.8 Å². The van der Waals surface area contributed by atoms with Gasteiger partial charge in [0.15, 0.2) is 0 Å². The zero-order valence-corrected chi connectivity index (χ0v) is 15.2. The Morgan fingerprint density at radius 3 is 2.32 bits per heavy atom. The van der Waals surface area contributed by atoms with Gasteiger partial charge in [0.1, 0.15) is 5.58 Å². The second-order valence-corrected chi connectivity index (χ2v) is 6.90. The van der Waals surface area contributed by atoms with Gasteiger partial charge in [-0.1, -0.05) is 0 Å². The number of hydrogen-bond acceptors (Lipinski definition) is 5. The number of aliphatic carboxylic acids is 2. The number of nitrogens with one attached hydrogen (secondary N) is 1. The summed E-state index contributed by atoms with van der Waals surface area (Å²) in [5.74, 6) is -1.83. The van der Waals surface area contributed by atoms with Gasteiger partial charge in [-0.05, 0) is 56.1 Å². The SMILES string of the molecule is O=C(N[C@@H]1CN2CCC1CC2)c1ccc2occc2c1.O=C(O)/C=C/C(=O)O. The van der Waals surface area contributed by atoms with E-state index in [0.717, 1.165) is 23.1 Å². The van der Waals surface area contributed by atoms with E-state index in [2.05, 4.69) is 10.2 Å². The minimum absolute atomic E-state index is 0.0341. The van der Waals surface area contributed by atoms with Gasteiger partial charge in [0.2, 0.25) is 0 Å². The summed E-state index contributed by atoms with van der Waals surface area (Å²) in [6, 6.07) is 7.80. The van der Waals surface area contributed by atoms with Crippen LogP contribution in [0.1, 0.15) is 23.2 Å². The zero-order chi connectivity index (χ0) is 20.1. The lowest BCUT2D eigenvalue weighted by Crippen LogP contribution is -2.57. The van der Waals surface area contributed by atoms with Crippen LogP contribution < -0.4 is 5.32 Å². The standard InChI is InChI=1S/C16H18N2O2.C4H4O4/c19-16(13-1-2-15-12(9-13)5-8-20-15)17-14-10-18-6-3-11(14)4-7-18;5-3(6)1-2-4(7)8/h1-2,5,8-9,11,14H,3-4,6-7,10H2,(H,17,19);1-2H,(H,5,6)(H,7,8)/b;2-1+/t14-;/m1./s1. The van der Waals surface area contributed by atoms with Crippen LogP contribution in [0.3, 0.4) is 0 Å². The maximum absolute atomic E-state index is 12.4. The summed E-state index contributed by atoms with van der Waals surface area (Å²) in [4.78, 5) is 34.0. The Bertz CT molecular complexity index is 879. The number of carbonyl (C=O) groups is 3. The number of carboxylic acids is 2. The van der Waals surface area contributed by atoms with Crippen molar-refractivity contribution in [2.45, 2.75) is 18.9 Å². The Morgan fingerprint density at radius 2 is 1.75 bits per heavy atom. The minimum atomic E-state index is -1.26. The fourth-order valence-electron chi connectivity index (χ4n) is 3.63. The first-order valence-corrected chi connectivity index (χ1v) is 9.07. The van der Waals surface area contributed by atoms with Gasteiger partial charge in [-0.25, -0.2) is 9.59 Å². The maximum atomic E-state index is 12.4. The Hall–Kier alpha value is -3.13. The summed E-state index contributed by atoms with van der Waals surface area (Å²) in [5, 5.41) is 19.8. The van der Waals surface area contributed by atoms with E-state index >= 15 is 0 Å². The predicted octanol–water partition coefficient (Wildman–Crippen LogP) is 1.97. The van der Waals surface area contributed by atoms with Crippen molar-refractivity contribution in [3.63, 3.8) is 0 Å². The molecule has 1 aromatic carbocycles. The molecule has 8 heteroatoms. The molecular weight excluding hydrogens is 364 g/mol. The summed E-state index contributed by atoms with van der Waals surface area (Å²) in [5.41, 5.74) is 1.54. The largest absolute Gasteiger partial charge is 0.478 e. The number of piperidine rings is 3. The van der Waals surface area contributed by atoms with Crippen molar-refractivity contribution in [3.05, 3.63) is 48.2 Å². The molecular formula is C20H22N2O6. The molecule has 28 heavy (non-hydrogen) atoms. The van der Waals surface area contributed by atoms with Crippen LogP contribution in [0.25, 0.3) is 11.0 Å². The molecule has 148 valence electrons. The Labute approximate surface area is 161 Å². The molecule has 1 atom stereocenters. The van der Waals surface area contributed by atoms with Crippen LogP contribution in [0.5, 0.6) is 0 Å². The summed E-state index contributed by atoms with van der Waals surface area (Å²) in [7, 11) is 0. The van der Waals surface area contributed by atoms with Crippen molar-refractivity contribution in [2.24, 2.45) is 5.92 Å². The third kappa shape index (κ3) is 4.98. The van der Waals surface area contributed by atoms with Gasteiger partial charge in [-0.2, -0.15) is 0 Å². The normalized spacial score (nSPS) is 23.2. The summed E-state index contributed by atoms with van der Waals surface area (Å²) in [6.45, 7) is 3.39.